The average Bonchev–Trinajstić information content (AvgIpc) is 2.44. The molecular formula is C14H21N3O2. The Morgan fingerprint density at radius 3 is 2.84 bits per heavy atom. The van der Waals surface area contributed by atoms with Gasteiger partial charge in [0.2, 0.25) is 5.91 Å². The summed E-state index contributed by atoms with van der Waals surface area (Å²) in [5.74, 6) is 0.135. The first-order valence-electron chi connectivity index (χ1n) is 6.93. The van der Waals surface area contributed by atoms with E-state index in [0.29, 0.717) is 12.2 Å². The van der Waals surface area contributed by atoms with E-state index in [1.54, 1.807) is 16.8 Å². The van der Waals surface area contributed by atoms with E-state index in [9.17, 15) is 9.59 Å². The largest absolute Gasteiger partial charge is 0.325 e. The summed E-state index contributed by atoms with van der Waals surface area (Å²) in [4.78, 5) is 23.7. The number of amides is 1. The predicted molar refractivity (Wildman–Crippen MR) is 75.2 cm³/mol. The Bertz CT molecular complexity index is 490. The molecular weight excluding hydrogens is 242 g/mol. The highest BCUT2D eigenvalue weighted by Gasteiger charge is 2.20. The van der Waals surface area contributed by atoms with E-state index in [-0.39, 0.29) is 17.4 Å². The average molecular weight is 263 g/mol. The second kappa shape index (κ2) is 6.52. The van der Waals surface area contributed by atoms with Crippen molar-refractivity contribution in [3.63, 3.8) is 0 Å². The molecule has 1 amide bonds. The van der Waals surface area contributed by atoms with E-state index < -0.39 is 0 Å². The fourth-order valence-electron chi connectivity index (χ4n) is 2.35. The zero-order valence-electron chi connectivity index (χ0n) is 11.3. The second-order valence-corrected chi connectivity index (χ2v) is 4.96. The van der Waals surface area contributed by atoms with Gasteiger partial charge in [0.05, 0.1) is 5.69 Å². The third-order valence-electron chi connectivity index (χ3n) is 3.43. The number of aromatic nitrogens is 1. The van der Waals surface area contributed by atoms with Crippen LogP contribution in [0.2, 0.25) is 0 Å². The molecule has 0 atom stereocenters. The molecule has 5 nitrogen and oxygen atoms in total. The summed E-state index contributed by atoms with van der Waals surface area (Å²) in [6, 6.07) is 3.18. The highest BCUT2D eigenvalue weighted by atomic mass is 16.2. The molecule has 2 N–H and O–H groups in total. The number of nitrogens with one attached hydrogen (secondary N) is 2. The Kier molecular flexibility index (Phi) is 4.74. The number of piperidine rings is 1. The van der Waals surface area contributed by atoms with Crippen LogP contribution < -0.4 is 16.2 Å². The first-order valence-corrected chi connectivity index (χ1v) is 6.93. The maximum Gasteiger partial charge on any atom is 0.250 e. The van der Waals surface area contributed by atoms with Gasteiger partial charge in [-0.15, -0.1) is 0 Å². The third kappa shape index (κ3) is 3.67. The van der Waals surface area contributed by atoms with Gasteiger partial charge in [0.1, 0.15) is 0 Å². The fourth-order valence-corrected chi connectivity index (χ4v) is 2.35. The van der Waals surface area contributed by atoms with Crippen LogP contribution in [0, 0.1) is 5.92 Å². The summed E-state index contributed by atoms with van der Waals surface area (Å²) in [6.07, 6.45) is 4.37. The summed E-state index contributed by atoms with van der Waals surface area (Å²) in [5.41, 5.74) is 0.679. The Labute approximate surface area is 113 Å². The number of rotatable bonds is 4. The van der Waals surface area contributed by atoms with Crippen LogP contribution in [0.1, 0.15) is 26.2 Å². The zero-order chi connectivity index (χ0) is 13.7. The number of hydrogen-bond acceptors (Lipinski definition) is 3. The van der Waals surface area contributed by atoms with Crippen molar-refractivity contribution in [2.24, 2.45) is 5.92 Å². The van der Waals surface area contributed by atoms with E-state index in [1.807, 2.05) is 6.92 Å². The second-order valence-electron chi connectivity index (χ2n) is 4.96. The molecule has 0 saturated carbocycles. The van der Waals surface area contributed by atoms with Crippen molar-refractivity contribution in [3.8, 4) is 0 Å². The molecule has 1 aliphatic rings. The van der Waals surface area contributed by atoms with Crippen LogP contribution in [0.4, 0.5) is 5.69 Å². The number of carbonyl (C=O) groups excluding carboxylic acids is 1. The Hall–Kier alpha value is -1.62. The zero-order valence-corrected chi connectivity index (χ0v) is 11.3. The minimum Gasteiger partial charge on any atom is -0.325 e. The molecule has 0 bridgehead atoms. The van der Waals surface area contributed by atoms with Gasteiger partial charge in [-0.3, -0.25) is 9.59 Å². The molecule has 2 heterocycles. The van der Waals surface area contributed by atoms with Crippen LogP contribution in [0.5, 0.6) is 0 Å². The normalized spacial score (nSPS) is 16.3. The molecule has 0 aromatic carbocycles. The van der Waals surface area contributed by atoms with Crippen LogP contribution in [-0.2, 0) is 11.3 Å². The number of carbonyl (C=O) groups is 1. The smallest absolute Gasteiger partial charge is 0.250 e. The first-order chi connectivity index (χ1) is 9.20. The van der Waals surface area contributed by atoms with Crippen molar-refractivity contribution in [1.82, 2.24) is 9.88 Å². The van der Waals surface area contributed by atoms with Gasteiger partial charge < -0.3 is 15.2 Å². The highest BCUT2D eigenvalue weighted by molar-refractivity contribution is 5.92. The molecule has 0 aliphatic carbocycles. The van der Waals surface area contributed by atoms with Crippen molar-refractivity contribution in [2.45, 2.75) is 32.7 Å². The van der Waals surface area contributed by atoms with Crippen LogP contribution >= 0.6 is 0 Å². The molecule has 2 rings (SSSR count). The monoisotopic (exact) mass is 263 g/mol. The van der Waals surface area contributed by atoms with E-state index in [0.717, 1.165) is 32.4 Å². The number of anilines is 1. The topological polar surface area (TPSA) is 63.1 Å². The maximum atomic E-state index is 12.1. The fraction of sp³-hybridized carbons (Fsp3) is 0.571. The van der Waals surface area contributed by atoms with Gasteiger partial charge in [-0.25, -0.2) is 0 Å². The summed E-state index contributed by atoms with van der Waals surface area (Å²) >= 11 is 0. The highest BCUT2D eigenvalue weighted by Crippen LogP contribution is 2.14. The lowest BCUT2D eigenvalue weighted by atomic mass is 9.97. The first kappa shape index (κ1) is 13.8. The Balaban J connectivity index is 2.03. The van der Waals surface area contributed by atoms with E-state index >= 15 is 0 Å². The summed E-state index contributed by atoms with van der Waals surface area (Å²) in [7, 11) is 0. The molecule has 0 radical (unpaired) electrons. The van der Waals surface area contributed by atoms with Crippen LogP contribution in [0.25, 0.3) is 0 Å². The number of nitrogens with zero attached hydrogens (tertiary/aromatic N) is 1. The van der Waals surface area contributed by atoms with Gasteiger partial charge in [0.25, 0.3) is 5.56 Å². The molecule has 5 heteroatoms. The van der Waals surface area contributed by atoms with Crippen LogP contribution in [0.3, 0.4) is 0 Å². The Morgan fingerprint density at radius 2 is 2.16 bits per heavy atom. The molecule has 1 fully saturated rings. The maximum absolute atomic E-state index is 12.1. The van der Waals surface area contributed by atoms with Crippen molar-refractivity contribution < 1.29 is 4.79 Å². The number of aryl methyl sites for hydroxylation is 1. The van der Waals surface area contributed by atoms with Gasteiger partial charge >= 0.3 is 0 Å². The minimum atomic E-state index is -0.0262. The van der Waals surface area contributed by atoms with E-state index in [1.165, 1.54) is 6.07 Å². The molecule has 1 saturated heterocycles. The van der Waals surface area contributed by atoms with Crippen molar-refractivity contribution in [3.05, 3.63) is 28.7 Å². The molecule has 1 aromatic heterocycles. The third-order valence-corrected chi connectivity index (χ3v) is 3.43. The van der Waals surface area contributed by atoms with Gasteiger partial charge in [-0.05, 0) is 38.4 Å². The summed E-state index contributed by atoms with van der Waals surface area (Å²) < 4.78 is 1.64. The minimum absolute atomic E-state index is 0.0262. The lowest BCUT2D eigenvalue weighted by molar-refractivity contribution is -0.120. The molecule has 1 aromatic rings. The van der Waals surface area contributed by atoms with Gasteiger partial charge in [0.15, 0.2) is 0 Å². The van der Waals surface area contributed by atoms with Crippen LogP contribution in [-0.4, -0.2) is 23.6 Å². The molecule has 19 heavy (non-hydrogen) atoms. The lowest BCUT2D eigenvalue weighted by Gasteiger charge is -2.21. The van der Waals surface area contributed by atoms with Crippen LogP contribution in [0.15, 0.2) is 23.1 Å². The van der Waals surface area contributed by atoms with Crippen molar-refractivity contribution in [1.29, 1.82) is 0 Å². The molecule has 104 valence electrons. The molecule has 0 spiro atoms. The molecule has 0 unspecified atom stereocenters. The SMILES string of the molecule is CCCn1cc(NC(=O)C2CCNCC2)ccc1=O. The summed E-state index contributed by atoms with van der Waals surface area (Å²) in [5, 5.41) is 6.15. The van der Waals surface area contributed by atoms with E-state index in [2.05, 4.69) is 10.6 Å². The Morgan fingerprint density at radius 1 is 1.42 bits per heavy atom. The standard InChI is InChI=1S/C14H21N3O2/c1-2-9-17-10-12(3-4-13(17)18)16-14(19)11-5-7-15-8-6-11/h3-4,10-11,15H,2,5-9H2,1H3,(H,16,19). The predicted octanol–water partition coefficient (Wildman–Crippen LogP) is 1.20. The van der Waals surface area contributed by atoms with Crippen molar-refractivity contribution >= 4 is 11.6 Å². The van der Waals surface area contributed by atoms with Gasteiger partial charge in [-0.1, -0.05) is 6.92 Å². The lowest BCUT2D eigenvalue weighted by Crippen LogP contribution is -2.34. The molecule has 1 aliphatic heterocycles. The van der Waals surface area contributed by atoms with Gasteiger partial charge in [0, 0.05) is 24.7 Å². The summed E-state index contributed by atoms with van der Waals surface area (Å²) in [6.45, 7) is 4.49. The number of pyridine rings is 1. The number of hydrogen-bond donors (Lipinski definition) is 2. The van der Waals surface area contributed by atoms with Gasteiger partial charge in [-0.2, -0.15) is 0 Å². The van der Waals surface area contributed by atoms with E-state index in [4.69, 9.17) is 0 Å². The van der Waals surface area contributed by atoms with Crippen molar-refractivity contribution in [2.75, 3.05) is 18.4 Å². The quantitative estimate of drug-likeness (QED) is 0.858.